The van der Waals surface area contributed by atoms with E-state index in [4.69, 9.17) is 15.2 Å². The predicted molar refractivity (Wildman–Crippen MR) is 72.6 cm³/mol. The standard InChI is InChI=1S/C14H28N2O2/c1-11(2)16-6-7-17-13(9-16)10-18-14-5-3-4-12(14)8-15/h11-14H,3-10,15H2,1-2H3. The zero-order chi connectivity index (χ0) is 13.0. The van der Waals surface area contributed by atoms with E-state index < -0.39 is 0 Å². The van der Waals surface area contributed by atoms with Crippen LogP contribution in [0.5, 0.6) is 0 Å². The van der Waals surface area contributed by atoms with E-state index in [-0.39, 0.29) is 6.10 Å². The highest BCUT2D eigenvalue weighted by atomic mass is 16.5. The molecule has 1 heterocycles. The van der Waals surface area contributed by atoms with Gasteiger partial charge in [0.05, 0.1) is 25.4 Å². The molecule has 2 fully saturated rings. The molecule has 1 aliphatic heterocycles. The first-order chi connectivity index (χ1) is 8.70. The summed E-state index contributed by atoms with van der Waals surface area (Å²) < 4.78 is 11.8. The second-order valence-electron chi connectivity index (χ2n) is 5.88. The highest BCUT2D eigenvalue weighted by Crippen LogP contribution is 2.27. The van der Waals surface area contributed by atoms with Crippen molar-refractivity contribution in [3.05, 3.63) is 0 Å². The summed E-state index contributed by atoms with van der Waals surface area (Å²) in [5.74, 6) is 0.565. The number of hydrogen-bond acceptors (Lipinski definition) is 4. The Labute approximate surface area is 111 Å². The molecule has 0 aromatic rings. The second kappa shape index (κ2) is 6.85. The van der Waals surface area contributed by atoms with E-state index in [9.17, 15) is 0 Å². The molecule has 2 aliphatic rings. The van der Waals surface area contributed by atoms with Gasteiger partial charge in [0.15, 0.2) is 0 Å². The van der Waals surface area contributed by atoms with Gasteiger partial charge in [-0.25, -0.2) is 0 Å². The first-order valence-electron chi connectivity index (χ1n) is 7.38. The van der Waals surface area contributed by atoms with E-state index in [1.807, 2.05) is 0 Å². The summed E-state index contributed by atoms with van der Waals surface area (Å²) in [5, 5.41) is 0. The highest BCUT2D eigenvalue weighted by Gasteiger charge is 2.29. The fourth-order valence-electron chi connectivity index (χ4n) is 3.03. The largest absolute Gasteiger partial charge is 0.375 e. The topological polar surface area (TPSA) is 47.7 Å². The molecule has 4 nitrogen and oxygen atoms in total. The molecule has 2 N–H and O–H groups in total. The molecular formula is C14H28N2O2. The third-order valence-corrected chi connectivity index (χ3v) is 4.29. The Morgan fingerprint density at radius 2 is 2.22 bits per heavy atom. The van der Waals surface area contributed by atoms with E-state index >= 15 is 0 Å². The van der Waals surface area contributed by atoms with Crippen molar-refractivity contribution >= 4 is 0 Å². The molecule has 106 valence electrons. The Hall–Kier alpha value is -0.160. The van der Waals surface area contributed by atoms with Crippen molar-refractivity contribution < 1.29 is 9.47 Å². The van der Waals surface area contributed by atoms with E-state index in [0.717, 1.165) is 32.8 Å². The number of ether oxygens (including phenoxy) is 2. The molecule has 0 radical (unpaired) electrons. The molecule has 4 heteroatoms. The summed E-state index contributed by atoms with van der Waals surface area (Å²) in [5.41, 5.74) is 5.78. The van der Waals surface area contributed by atoms with Crippen LogP contribution in [-0.4, -0.2) is 56.0 Å². The van der Waals surface area contributed by atoms with Gasteiger partial charge in [0.2, 0.25) is 0 Å². The Kier molecular flexibility index (Phi) is 5.42. The lowest BCUT2D eigenvalue weighted by atomic mass is 10.1. The molecule has 2 rings (SSSR count). The van der Waals surface area contributed by atoms with Gasteiger partial charge < -0.3 is 15.2 Å². The van der Waals surface area contributed by atoms with Gasteiger partial charge in [0.25, 0.3) is 0 Å². The molecule has 0 bridgehead atoms. The molecular weight excluding hydrogens is 228 g/mol. The van der Waals surface area contributed by atoms with Crippen LogP contribution >= 0.6 is 0 Å². The minimum absolute atomic E-state index is 0.236. The Morgan fingerprint density at radius 3 is 2.94 bits per heavy atom. The van der Waals surface area contributed by atoms with E-state index in [2.05, 4.69) is 18.7 Å². The molecule has 0 spiro atoms. The zero-order valence-electron chi connectivity index (χ0n) is 11.8. The number of hydrogen-bond donors (Lipinski definition) is 1. The van der Waals surface area contributed by atoms with Crippen molar-refractivity contribution in [2.45, 2.75) is 51.4 Å². The summed E-state index contributed by atoms with van der Waals surface area (Å²) in [6.07, 6.45) is 4.26. The van der Waals surface area contributed by atoms with Crippen molar-refractivity contribution in [3.63, 3.8) is 0 Å². The zero-order valence-corrected chi connectivity index (χ0v) is 11.8. The summed E-state index contributed by atoms with van der Waals surface area (Å²) in [6, 6.07) is 0.597. The number of rotatable bonds is 5. The molecule has 0 aromatic heterocycles. The fraction of sp³-hybridized carbons (Fsp3) is 1.00. The molecule has 3 atom stereocenters. The molecule has 3 unspecified atom stereocenters. The minimum Gasteiger partial charge on any atom is -0.375 e. The van der Waals surface area contributed by atoms with Crippen LogP contribution in [0.4, 0.5) is 0 Å². The molecule has 0 aromatic carbocycles. The van der Waals surface area contributed by atoms with Gasteiger partial charge >= 0.3 is 0 Å². The maximum atomic E-state index is 6.04. The van der Waals surface area contributed by atoms with Gasteiger partial charge in [-0.3, -0.25) is 4.90 Å². The average molecular weight is 256 g/mol. The molecule has 1 aliphatic carbocycles. The molecule has 18 heavy (non-hydrogen) atoms. The van der Waals surface area contributed by atoms with Crippen LogP contribution in [0.15, 0.2) is 0 Å². The first kappa shape index (κ1) is 14.3. The van der Waals surface area contributed by atoms with Crippen molar-refractivity contribution in [3.8, 4) is 0 Å². The van der Waals surface area contributed by atoms with Crippen molar-refractivity contribution in [2.24, 2.45) is 11.7 Å². The van der Waals surface area contributed by atoms with E-state index in [1.165, 1.54) is 19.3 Å². The van der Waals surface area contributed by atoms with Crippen LogP contribution in [0.25, 0.3) is 0 Å². The molecule has 1 saturated heterocycles. The number of nitrogens with zero attached hydrogens (tertiary/aromatic N) is 1. The summed E-state index contributed by atoms with van der Waals surface area (Å²) in [4.78, 5) is 2.46. The van der Waals surface area contributed by atoms with Crippen LogP contribution < -0.4 is 5.73 Å². The number of nitrogens with two attached hydrogens (primary N) is 1. The van der Waals surface area contributed by atoms with Gasteiger partial charge in [0, 0.05) is 19.1 Å². The van der Waals surface area contributed by atoms with Crippen molar-refractivity contribution in [1.29, 1.82) is 0 Å². The normalized spacial score (nSPS) is 34.3. The quantitative estimate of drug-likeness (QED) is 0.804. The lowest BCUT2D eigenvalue weighted by Crippen LogP contribution is -2.47. The van der Waals surface area contributed by atoms with Crippen LogP contribution in [-0.2, 0) is 9.47 Å². The van der Waals surface area contributed by atoms with Gasteiger partial charge in [-0.05, 0) is 39.2 Å². The van der Waals surface area contributed by atoms with Crippen LogP contribution in [0, 0.1) is 5.92 Å². The third kappa shape index (κ3) is 3.67. The maximum absolute atomic E-state index is 6.04. The SMILES string of the molecule is CC(C)N1CCOC(COC2CCCC2CN)C1. The van der Waals surface area contributed by atoms with E-state index in [0.29, 0.717) is 18.1 Å². The lowest BCUT2D eigenvalue weighted by Gasteiger charge is -2.36. The monoisotopic (exact) mass is 256 g/mol. The van der Waals surface area contributed by atoms with Gasteiger partial charge in [0.1, 0.15) is 0 Å². The average Bonchev–Trinajstić information content (AvgIpc) is 2.84. The van der Waals surface area contributed by atoms with Crippen molar-refractivity contribution in [1.82, 2.24) is 4.90 Å². The van der Waals surface area contributed by atoms with Gasteiger partial charge in [-0.2, -0.15) is 0 Å². The maximum Gasteiger partial charge on any atom is 0.0935 e. The fourth-order valence-corrected chi connectivity index (χ4v) is 3.03. The van der Waals surface area contributed by atoms with Crippen LogP contribution in [0.3, 0.4) is 0 Å². The molecule has 0 amide bonds. The first-order valence-corrected chi connectivity index (χ1v) is 7.38. The van der Waals surface area contributed by atoms with Gasteiger partial charge in [-0.15, -0.1) is 0 Å². The van der Waals surface area contributed by atoms with Crippen molar-refractivity contribution in [2.75, 3.05) is 32.8 Å². The number of morpholine rings is 1. The van der Waals surface area contributed by atoms with Gasteiger partial charge in [-0.1, -0.05) is 6.42 Å². The summed E-state index contributed by atoms with van der Waals surface area (Å²) in [6.45, 7) is 8.84. The van der Waals surface area contributed by atoms with E-state index in [1.54, 1.807) is 0 Å². The highest BCUT2D eigenvalue weighted by molar-refractivity contribution is 4.80. The smallest absolute Gasteiger partial charge is 0.0935 e. The second-order valence-corrected chi connectivity index (χ2v) is 5.88. The summed E-state index contributed by atoms with van der Waals surface area (Å²) >= 11 is 0. The Bertz CT molecular complexity index is 248. The summed E-state index contributed by atoms with van der Waals surface area (Å²) in [7, 11) is 0. The predicted octanol–water partition coefficient (Wildman–Crippen LogP) is 1.24. The Balaban J connectivity index is 1.72. The lowest BCUT2D eigenvalue weighted by molar-refractivity contribution is -0.0951. The third-order valence-electron chi connectivity index (χ3n) is 4.29. The van der Waals surface area contributed by atoms with Crippen LogP contribution in [0.2, 0.25) is 0 Å². The Morgan fingerprint density at radius 1 is 1.39 bits per heavy atom. The van der Waals surface area contributed by atoms with Crippen LogP contribution in [0.1, 0.15) is 33.1 Å². The minimum atomic E-state index is 0.236. The molecule has 1 saturated carbocycles.